The van der Waals surface area contributed by atoms with Crippen LogP contribution in [0.15, 0.2) is 24.3 Å². The number of hydrogen-bond donors (Lipinski definition) is 0. The van der Waals surface area contributed by atoms with Gasteiger partial charge in [-0.1, -0.05) is 29.8 Å². The summed E-state index contributed by atoms with van der Waals surface area (Å²) in [6, 6.07) is 7.83. The Morgan fingerprint density at radius 2 is 2.38 bits per heavy atom. The Morgan fingerprint density at radius 3 is 3.08 bits per heavy atom. The van der Waals surface area contributed by atoms with Crippen molar-refractivity contribution in [2.24, 2.45) is 0 Å². The summed E-state index contributed by atoms with van der Waals surface area (Å²) in [4.78, 5) is 3.41. The maximum atomic E-state index is 6.90. The molecule has 13 heavy (non-hydrogen) atoms. The molecule has 2 heteroatoms. The second-order valence-electron chi connectivity index (χ2n) is 3.27. The van der Waals surface area contributed by atoms with Gasteiger partial charge in [0.05, 0.1) is 13.2 Å². The van der Waals surface area contributed by atoms with Gasteiger partial charge in [0.1, 0.15) is 0 Å². The zero-order valence-corrected chi connectivity index (χ0v) is 7.36. The van der Waals surface area contributed by atoms with Crippen molar-refractivity contribution in [2.75, 3.05) is 13.2 Å². The molecule has 1 fully saturated rings. The van der Waals surface area contributed by atoms with E-state index in [-0.39, 0.29) is 0 Å². The van der Waals surface area contributed by atoms with E-state index in [1.165, 1.54) is 5.56 Å². The molecule has 2 nitrogen and oxygen atoms in total. The van der Waals surface area contributed by atoms with Crippen molar-refractivity contribution in [2.45, 2.75) is 12.3 Å². The maximum Gasteiger partial charge on any atom is 0.187 e. The van der Waals surface area contributed by atoms with Gasteiger partial charge in [0.25, 0.3) is 0 Å². The van der Waals surface area contributed by atoms with E-state index in [4.69, 9.17) is 11.3 Å². The highest BCUT2D eigenvalue weighted by Gasteiger charge is 2.17. The van der Waals surface area contributed by atoms with E-state index in [1.54, 1.807) is 0 Å². The fourth-order valence-corrected chi connectivity index (χ4v) is 1.65. The zero-order valence-electron chi connectivity index (χ0n) is 7.36. The van der Waals surface area contributed by atoms with Crippen molar-refractivity contribution in [3.8, 4) is 0 Å². The van der Waals surface area contributed by atoms with Crippen LogP contribution in [0.2, 0.25) is 0 Å². The predicted octanol–water partition coefficient (Wildman–Crippen LogP) is 2.74. The Balaban J connectivity index is 2.25. The molecule has 1 aliphatic heterocycles. The molecule has 1 aliphatic rings. The van der Waals surface area contributed by atoms with Crippen LogP contribution in [0.3, 0.4) is 0 Å². The second-order valence-corrected chi connectivity index (χ2v) is 3.27. The van der Waals surface area contributed by atoms with E-state index in [9.17, 15) is 0 Å². The largest absolute Gasteiger partial charge is 0.381 e. The van der Waals surface area contributed by atoms with Crippen molar-refractivity contribution < 1.29 is 4.74 Å². The molecule has 0 aromatic heterocycles. The van der Waals surface area contributed by atoms with Gasteiger partial charge in [0, 0.05) is 12.5 Å². The number of ether oxygens (including phenoxy) is 1. The molecule has 0 saturated carbocycles. The molecule has 0 N–H and O–H groups in total. The van der Waals surface area contributed by atoms with Crippen LogP contribution >= 0.6 is 0 Å². The first-order valence-electron chi connectivity index (χ1n) is 4.45. The first-order chi connectivity index (χ1) is 6.40. The lowest BCUT2D eigenvalue weighted by molar-refractivity contribution is 0.194. The Kier molecular flexibility index (Phi) is 2.29. The molecule has 0 spiro atoms. The van der Waals surface area contributed by atoms with Crippen LogP contribution in [0, 0.1) is 6.57 Å². The minimum absolute atomic E-state index is 0.502. The topological polar surface area (TPSA) is 13.6 Å². The second kappa shape index (κ2) is 3.59. The maximum absolute atomic E-state index is 6.90. The average molecular weight is 173 g/mol. The highest BCUT2D eigenvalue weighted by molar-refractivity contribution is 5.47. The Bertz CT molecular complexity index is 334. The Hall–Kier alpha value is -1.33. The van der Waals surface area contributed by atoms with Gasteiger partial charge >= 0.3 is 0 Å². The summed E-state index contributed by atoms with van der Waals surface area (Å²) in [6.45, 7) is 8.57. The van der Waals surface area contributed by atoms with Gasteiger partial charge in [0.15, 0.2) is 5.69 Å². The Morgan fingerprint density at radius 1 is 1.46 bits per heavy atom. The summed E-state index contributed by atoms with van der Waals surface area (Å²) < 4.78 is 5.31. The standard InChI is InChI=1S/C11H11NO/c1-12-11-4-2-3-9(7-11)10-5-6-13-8-10/h2-4,7,10H,5-6,8H2. The highest BCUT2D eigenvalue weighted by atomic mass is 16.5. The Labute approximate surface area is 78.0 Å². The smallest absolute Gasteiger partial charge is 0.187 e. The fraction of sp³-hybridized carbons (Fsp3) is 0.364. The van der Waals surface area contributed by atoms with E-state index in [2.05, 4.69) is 10.9 Å². The molecule has 1 unspecified atom stereocenters. The monoisotopic (exact) mass is 173 g/mol. The normalized spacial score (nSPS) is 21.3. The van der Waals surface area contributed by atoms with Gasteiger partial charge in [-0.05, 0) is 6.42 Å². The van der Waals surface area contributed by atoms with Gasteiger partial charge in [-0.2, -0.15) is 0 Å². The number of nitrogens with zero attached hydrogens (tertiary/aromatic N) is 1. The van der Waals surface area contributed by atoms with E-state index in [1.807, 2.05) is 18.2 Å². The summed E-state index contributed by atoms with van der Waals surface area (Å²) in [7, 11) is 0. The molecular weight excluding hydrogens is 162 g/mol. The van der Waals surface area contributed by atoms with Crippen LogP contribution in [0.4, 0.5) is 5.69 Å². The van der Waals surface area contributed by atoms with Crippen LogP contribution < -0.4 is 0 Å². The van der Waals surface area contributed by atoms with Crippen LogP contribution in [-0.4, -0.2) is 13.2 Å². The third kappa shape index (κ3) is 1.71. The summed E-state index contributed by atoms with van der Waals surface area (Å²) in [6.07, 6.45) is 1.08. The van der Waals surface area contributed by atoms with Crippen LogP contribution in [-0.2, 0) is 4.74 Å². The molecule has 0 amide bonds. The summed E-state index contributed by atoms with van der Waals surface area (Å²) in [5.41, 5.74) is 1.97. The summed E-state index contributed by atoms with van der Waals surface area (Å²) >= 11 is 0. The van der Waals surface area contributed by atoms with E-state index >= 15 is 0 Å². The molecular formula is C11H11NO. The van der Waals surface area contributed by atoms with Crippen LogP contribution in [0.5, 0.6) is 0 Å². The number of benzene rings is 1. The van der Waals surface area contributed by atoms with Gasteiger partial charge in [0.2, 0.25) is 0 Å². The minimum Gasteiger partial charge on any atom is -0.381 e. The average Bonchev–Trinajstić information content (AvgIpc) is 2.71. The highest BCUT2D eigenvalue weighted by Crippen LogP contribution is 2.27. The van der Waals surface area contributed by atoms with E-state index < -0.39 is 0 Å². The van der Waals surface area contributed by atoms with Crippen molar-refractivity contribution in [3.05, 3.63) is 41.2 Å². The van der Waals surface area contributed by atoms with Crippen LogP contribution in [0.25, 0.3) is 4.85 Å². The summed E-state index contributed by atoms with van der Waals surface area (Å²) in [5, 5.41) is 0. The quantitative estimate of drug-likeness (QED) is 0.595. The molecule has 1 heterocycles. The van der Waals surface area contributed by atoms with E-state index in [0.29, 0.717) is 5.92 Å². The molecule has 1 saturated heterocycles. The lowest BCUT2D eigenvalue weighted by Gasteiger charge is -2.07. The molecule has 1 aromatic carbocycles. The van der Waals surface area contributed by atoms with Gasteiger partial charge < -0.3 is 4.74 Å². The molecule has 0 radical (unpaired) electrons. The van der Waals surface area contributed by atoms with Crippen molar-refractivity contribution >= 4 is 5.69 Å². The third-order valence-electron chi connectivity index (χ3n) is 2.40. The molecule has 1 atom stereocenters. The number of hydrogen-bond acceptors (Lipinski definition) is 1. The lowest BCUT2D eigenvalue weighted by atomic mass is 9.98. The third-order valence-corrected chi connectivity index (χ3v) is 2.40. The van der Waals surface area contributed by atoms with Crippen LogP contribution in [0.1, 0.15) is 17.9 Å². The van der Waals surface area contributed by atoms with Crippen molar-refractivity contribution in [1.82, 2.24) is 0 Å². The van der Waals surface area contributed by atoms with Gasteiger partial charge in [-0.3, -0.25) is 0 Å². The SMILES string of the molecule is [C-]#[N+]c1cccc(C2CCOC2)c1. The van der Waals surface area contributed by atoms with E-state index in [0.717, 1.165) is 25.3 Å². The molecule has 0 aliphatic carbocycles. The summed E-state index contributed by atoms with van der Waals surface area (Å²) in [5.74, 6) is 0.502. The lowest BCUT2D eigenvalue weighted by Crippen LogP contribution is -1.96. The first kappa shape index (κ1) is 8.28. The molecule has 0 bridgehead atoms. The molecule has 1 aromatic rings. The predicted molar refractivity (Wildman–Crippen MR) is 50.9 cm³/mol. The van der Waals surface area contributed by atoms with Crippen molar-refractivity contribution in [1.29, 1.82) is 0 Å². The van der Waals surface area contributed by atoms with Crippen molar-refractivity contribution in [3.63, 3.8) is 0 Å². The zero-order chi connectivity index (χ0) is 9.10. The minimum atomic E-state index is 0.502. The fourth-order valence-electron chi connectivity index (χ4n) is 1.65. The molecule has 2 rings (SSSR count). The van der Waals surface area contributed by atoms with Gasteiger partial charge in [-0.25, -0.2) is 4.85 Å². The first-order valence-corrected chi connectivity index (χ1v) is 4.45. The van der Waals surface area contributed by atoms with Gasteiger partial charge in [-0.15, -0.1) is 0 Å². The molecule has 66 valence electrons. The number of rotatable bonds is 1.